The molecule has 0 radical (unpaired) electrons. The molecule has 2 rings (SSSR count). The van der Waals surface area contributed by atoms with Gasteiger partial charge >= 0.3 is 0 Å². The van der Waals surface area contributed by atoms with E-state index in [1.165, 1.54) is 5.56 Å². The van der Waals surface area contributed by atoms with Gasteiger partial charge in [0.25, 0.3) is 0 Å². The minimum Gasteiger partial charge on any atom is -0.506 e. The fourth-order valence-corrected chi connectivity index (χ4v) is 1.63. The van der Waals surface area contributed by atoms with Gasteiger partial charge in [0, 0.05) is 0 Å². The third kappa shape index (κ3) is 2.94. The monoisotopic (exact) mass is 240 g/mol. The number of aromatic hydroxyl groups is 1. The summed E-state index contributed by atoms with van der Waals surface area (Å²) in [6.45, 7) is 4.03. The van der Waals surface area contributed by atoms with Crippen LogP contribution in [-0.2, 0) is 6.42 Å². The summed E-state index contributed by atoms with van der Waals surface area (Å²) in [4.78, 5) is 0. The number of hydrogen-bond acceptors (Lipinski definition) is 3. The Bertz CT molecular complexity index is 559. The second-order valence-electron chi connectivity index (χ2n) is 4.21. The average Bonchev–Trinajstić information content (AvgIpc) is 2.38. The highest BCUT2D eigenvalue weighted by Crippen LogP contribution is 2.28. The summed E-state index contributed by atoms with van der Waals surface area (Å²) in [6.07, 6.45) is 1.01. The second-order valence-corrected chi connectivity index (χ2v) is 4.21. The van der Waals surface area contributed by atoms with Crippen molar-refractivity contribution >= 4 is 11.4 Å². The first-order chi connectivity index (χ1) is 8.69. The number of phenolic OH excluding ortho intramolecular Hbond substituents is 1. The van der Waals surface area contributed by atoms with Crippen LogP contribution in [0.5, 0.6) is 5.75 Å². The zero-order valence-corrected chi connectivity index (χ0v) is 10.6. The predicted octanol–water partition coefficient (Wildman–Crippen LogP) is 4.68. The van der Waals surface area contributed by atoms with Crippen LogP contribution in [-0.4, -0.2) is 5.11 Å². The molecule has 0 aliphatic rings. The lowest BCUT2D eigenvalue weighted by molar-refractivity contribution is 0.476. The van der Waals surface area contributed by atoms with Crippen LogP contribution in [0.4, 0.5) is 11.4 Å². The van der Waals surface area contributed by atoms with Gasteiger partial charge in [0.05, 0.1) is 5.69 Å². The van der Waals surface area contributed by atoms with E-state index in [2.05, 4.69) is 17.2 Å². The fraction of sp³-hybridized carbons (Fsp3) is 0.200. The van der Waals surface area contributed by atoms with E-state index >= 15 is 0 Å². The van der Waals surface area contributed by atoms with E-state index in [0.717, 1.165) is 17.7 Å². The van der Waals surface area contributed by atoms with Crippen molar-refractivity contribution in [3.8, 4) is 5.75 Å². The summed E-state index contributed by atoms with van der Waals surface area (Å²) >= 11 is 0. The molecule has 0 unspecified atom stereocenters. The minimum atomic E-state index is 0.156. The normalized spacial score (nSPS) is 11.0. The molecule has 0 aliphatic carbocycles. The van der Waals surface area contributed by atoms with E-state index in [0.29, 0.717) is 5.69 Å². The van der Waals surface area contributed by atoms with Crippen molar-refractivity contribution in [1.29, 1.82) is 0 Å². The van der Waals surface area contributed by atoms with Gasteiger partial charge < -0.3 is 5.11 Å². The van der Waals surface area contributed by atoms with Gasteiger partial charge in [-0.05, 0) is 48.7 Å². The quantitative estimate of drug-likeness (QED) is 0.778. The molecule has 0 heterocycles. The lowest BCUT2D eigenvalue weighted by Gasteiger charge is -1.99. The fourth-order valence-electron chi connectivity index (χ4n) is 1.63. The Morgan fingerprint density at radius 2 is 1.72 bits per heavy atom. The Morgan fingerprint density at radius 1 is 1.00 bits per heavy atom. The number of azo groups is 1. The first-order valence-electron chi connectivity index (χ1n) is 5.99. The van der Waals surface area contributed by atoms with Crippen LogP contribution in [0.1, 0.15) is 18.1 Å². The van der Waals surface area contributed by atoms with Crippen molar-refractivity contribution in [3.63, 3.8) is 0 Å². The highest BCUT2D eigenvalue weighted by molar-refractivity contribution is 5.52. The summed E-state index contributed by atoms with van der Waals surface area (Å²) < 4.78 is 0. The lowest BCUT2D eigenvalue weighted by Crippen LogP contribution is -1.76. The van der Waals surface area contributed by atoms with E-state index in [-0.39, 0.29) is 5.75 Å². The molecule has 2 aromatic rings. The van der Waals surface area contributed by atoms with Gasteiger partial charge in [0.2, 0.25) is 0 Å². The molecule has 0 saturated carbocycles. The van der Waals surface area contributed by atoms with Crippen molar-refractivity contribution in [2.24, 2.45) is 10.2 Å². The van der Waals surface area contributed by atoms with Crippen molar-refractivity contribution in [3.05, 3.63) is 53.6 Å². The molecule has 0 atom stereocenters. The maximum Gasteiger partial charge on any atom is 0.143 e. The van der Waals surface area contributed by atoms with Gasteiger partial charge in [-0.2, -0.15) is 5.11 Å². The second kappa shape index (κ2) is 5.45. The molecule has 0 bridgehead atoms. The first-order valence-corrected chi connectivity index (χ1v) is 5.99. The summed E-state index contributed by atoms with van der Waals surface area (Å²) in [5, 5.41) is 17.9. The maximum absolute atomic E-state index is 9.70. The van der Waals surface area contributed by atoms with Gasteiger partial charge in [-0.3, -0.25) is 0 Å². The predicted molar refractivity (Wildman–Crippen MR) is 72.8 cm³/mol. The lowest BCUT2D eigenvalue weighted by atomic mass is 10.2. The molecule has 92 valence electrons. The molecule has 0 saturated heterocycles. The van der Waals surface area contributed by atoms with Gasteiger partial charge in [-0.1, -0.05) is 25.1 Å². The van der Waals surface area contributed by atoms with Crippen molar-refractivity contribution in [1.82, 2.24) is 0 Å². The Labute approximate surface area is 107 Å². The molecule has 3 heteroatoms. The van der Waals surface area contributed by atoms with E-state index in [9.17, 15) is 5.11 Å². The number of nitrogens with zero attached hydrogens (tertiary/aromatic N) is 2. The molecule has 0 aliphatic heterocycles. The molecule has 0 aromatic heterocycles. The van der Waals surface area contributed by atoms with E-state index < -0.39 is 0 Å². The average molecular weight is 240 g/mol. The Morgan fingerprint density at radius 3 is 2.33 bits per heavy atom. The van der Waals surface area contributed by atoms with Gasteiger partial charge in [0.1, 0.15) is 11.4 Å². The summed E-state index contributed by atoms with van der Waals surface area (Å²) in [5.74, 6) is 0.156. The largest absolute Gasteiger partial charge is 0.506 e. The van der Waals surface area contributed by atoms with E-state index in [4.69, 9.17) is 0 Å². The summed E-state index contributed by atoms with van der Waals surface area (Å²) in [5.41, 5.74) is 3.54. The Hall–Kier alpha value is -2.16. The SMILES string of the molecule is CCc1ccc(N=Nc2ccc(C)cc2O)cc1. The topological polar surface area (TPSA) is 45.0 Å². The highest BCUT2D eigenvalue weighted by atomic mass is 16.3. The van der Waals surface area contributed by atoms with Crippen LogP contribution in [0.15, 0.2) is 52.7 Å². The van der Waals surface area contributed by atoms with Crippen LogP contribution in [0.3, 0.4) is 0 Å². The number of aryl methyl sites for hydroxylation is 2. The Kier molecular flexibility index (Phi) is 3.72. The van der Waals surface area contributed by atoms with Gasteiger partial charge in [-0.25, -0.2) is 0 Å². The van der Waals surface area contributed by atoms with E-state index in [1.54, 1.807) is 12.1 Å². The van der Waals surface area contributed by atoms with Gasteiger partial charge in [-0.15, -0.1) is 5.11 Å². The van der Waals surface area contributed by atoms with E-state index in [1.807, 2.05) is 37.3 Å². The smallest absolute Gasteiger partial charge is 0.143 e. The van der Waals surface area contributed by atoms with Crippen LogP contribution in [0.25, 0.3) is 0 Å². The molecule has 1 N–H and O–H groups in total. The number of benzene rings is 2. The standard InChI is InChI=1S/C15H16N2O/c1-3-12-5-7-13(8-6-12)16-17-14-9-4-11(2)10-15(14)18/h4-10,18H,3H2,1-2H3. The molecule has 3 nitrogen and oxygen atoms in total. The molecule has 18 heavy (non-hydrogen) atoms. The van der Waals surface area contributed by atoms with Crippen LogP contribution < -0.4 is 0 Å². The summed E-state index contributed by atoms with van der Waals surface area (Å²) in [6, 6.07) is 13.2. The molecule has 0 fully saturated rings. The minimum absolute atomic E-state index is 0.156. The van der Waals surface area contributed by atoms with Crippen LogP contribution >= 0.6 is 0 Å². The van der Waals surface area contributed by atoms with Crippen LogP contribution in [0.2, 0.25) is 0 Å². The van der Waals surface area contributed by atoms with Crippen molar-refractivity contribution < 1.29 is 5.11 Å². The molecular weight excluding hydrogens is 224 g/mol. The van der Waals surface area contributed by atoms with Crippen molar-refractivity contribution in [2.45, 2.75) is 20.3 Å². The van der Waals surface area contributed by atoms with Gasteiger partial charge in [0.15, 0.2) is 0 Å². The highest BCUT2D eigenvalue weighted by Gasteiger charge is 1.99. The summed E-state index contributed by atoms with van der Waals surface area (Å²) in [7, 11) is 0. The number of rotatable bonds is 3. The Balaban J connectivity index is 2.19. The maximum atomic E-state index is 9.70. The van der Waals surface area contributed by atoms with Crippen LogP contribution in [0, 0.1) is 6.92 Å². The third-order valence-corrected chi connectivity index (χ3v) is 2.75. The zero-order valence-electron chi connectivity index (χ0n) is 10.6. The molecule has 0 amide bonds. The molecular formula is C15H16N2O. The van der Waals surface area contributed by atoms with Crippen molar-refractivity contribution in [2.75, 3.05) is 0 Å². The zero-order chi connectivity index (χ0) is 13.0. The third-order valence-electron chi connectivity index (χ3n) is 2.75. The first kappa shape index (κ1) is 12.3. The number of hydrogen-bond donors (Lipinski definition) is 1. The molecule has 2 aromatic carbocycles. The number of phenols is 1. The molecule has 0 spiro atoms.